The number of hydrogen-bond acceptors (Lipinski definition) is 3. The Morgan fingerprint density at radius 2 is 1.93 bits per heavy atom. The van der Waals surface area contributed by atoms with E-state index in [1.807, 2.05) is 20.9 Å². The molecule has 0 saturated heterocycles. The van der Waals surface area contributed by atoms with Crippen LogP contribution in [-0.2, 0) is 4.79 Å². The van der Waals surface area contributed by atoms with Gasteiger partial charge in [0, 0.05) is 18.8 Å². The van der Waals surface area contributed by atoms with Crippen LogP contribution >= 0.6 is 24.4 Å². The first-order chi connectivity index (χ1) is 6.41. The fourth-order valence-electron chi connectivity index (χ4n) is 1.06. The maximum Gasteiger partial charge on any atom is 0.235 e. The molecule has 2 unspecified atom stereocenters. The average molecular weight is 235 g/mol. The van der Waals surface area contributed by atoms with Gasteiger partial charge in [0.1, 0.15) is 0 Å². The Hall–Kier alpha value is 0.170. The predicted molar refractivity (Wildman–Crippen MR) is 68.2 cm³/mol. The Labute approximate surface area is 97.2 Å². The van der Waals surface area contributed by atoms with Crippen LogP contribution < -0.4 is 0 Å². The van der Waals surface area contributed by atoms with Gasteiger partial charge in [-0.15, -0.1) is 0 Å². The van der Waals surface area contributed by atoms with Crippen LogP contribution in [0.5, 0.6) is 0 Å². The van der Waals surface area contributed by atoms with Crippen LogP contribution in [0.2, 0.25) is 0 Å². The molecule has 0 aliphatic rings. The van der Waals surface area contributed by atoms with Gasteiger partial charge in [0.25, 0.3) is 0 Å². The molecule has 84 valence electrons. The summed E-state index contributed by atoms with van der Waals surface area (Å²) in [6.07, 6.45) is 2.05. The van der Waals surface area contributed by atoms with Crippen molar-refractivity contribution in [3.05, 3.63) is 0 Å². The number of carbonyl (C=O) groups excluding carboxylic acids is 1. The molecule has 0 aliphatic heterocycles. The summed E-state index contributed by atoms with van der Waals surface area (Å²) in [4.78, 5) is 13.6. The molecule has 14 heavy (non-hydrogen) atoms. The fraction of sp³-hybridized carbons (Fsp3) is 0.900. The fourth-order valence-corrected chi connectivity index (χ4v) is 1.95. The Kier molecular flexibility index (Phi) is 6.70. The molecule has 0 aromatic heterocycles. The van der Waals surface area contributed by atoms with E-state index < -0.39 is 0 Å². The molecule has 0 fully saturated rings. The molecular weight excluding hydrogens is 214 g/mol. The van der Waals surface area contributed by atoms with E-state index >= 15 is 0 Å². The third kappa shape index (κ3) is 4.13. The number of thiol groups is 1. The van der Waals surface area contributed by atoms with Crippen LogP contribution in [0.1, 0.15) is 20.8 Å². The van der Waals surface area contributed by atoms with Gasteiger partial charge in [-0.3, -0.25) is 4.79 Å². The van der Waals surface area contributed by atoms with E-state index in [4.69, 9.17) is 0 Å². The van der Waals surface area contributed by atoms with Gasteiger partial charge in [-0.1, -0.05) is 13.8 Å². The zero-order chi connectivity index (χ0) is 11.3. The second-order valence-electron chi connectivity index (χ2n) is 3.94. The van der Waals surface area contributed by atoms with Crippen LogP contribution in [0.15, 0.2) is 0 Å². The molecule has 0 heterocycles. The number of amides is 1. The maximum absolute atomic E-state index is 11.8. The maximum atomic E-state index is 11.8. The first kappa shape index (κ1) is 14.2. The molecule has 0 aromatic carbocycles. The van der Waals surface area contributed by atoms with Crippen molar-refractivity contribution >= 4 is 30.3 Å². The molecule has 0 bridgehead atoms. The summed E-state index contributed by atoms with van der Waals surface area (Å²) in [6, 6.07) is 0.283. The lowest BCUT2D eigenvalue weighted by molar-refractivity contribution is -0.131. The molecule has 0 radical (unpaired) electrons. The van der Waals surface area contributed by atoms with Crippen molar-refractivity contribution in [3.63, 3.8) is 0 Å². The highest BCUT2D eigenvalue weighted by molar-refractivity contribution is 7.98. The summed E-state index contributed by atoms with van der Waals surface area (Å²) in [5.41, 5.74) is 0. The quantitative estimate of drug-likeness (QED) is 0.737. The Morgan fingerprint density at radius 1 is 1.43 bits per heavy atom. The molecule has 0 aromatic rings. The normalized spacial score (nSPS) is 15.4. The van der Waals surface area contributed by atoms with Crippen molar-refractivity contribution < 1.29 is 4.79 Å². The average Bonchev–Trinajstić information content (AvgIpc) is 2.14. The van der Waals surface area contributed by atoms with Crippen molar-refractivity contribution in [2.24, 2.45) is 5.92 Å². The number of nitrogens with zero attached hydrogens (tertiary/aromatic N) is 1. The minimum Gasteiger partial charge on any atom is -0.341 e. The van der Waals surface area contributed by atoms with Gasteiger partial charge in [-0.05, 0) is 19.1 Å². The second-order valence-corrected chi connectivity index (χ2v) is 5.41. The molecule has 0 N–H and O–H groups in total. The Bertz CT molecular complexity index is 185. The van der Waals surface area contributed by atoms with Crippen molar-refractivity contribution in [3.8, 4) is 0 Å². The summed E-state index contributed by atoms with van der Waals surface area (Å²) in [7, 11) is 1.86. The SMILES string of the molecule is CSCC(C)N(C)C(=O)C(S)C(C)C. The first-order valence-corrected chi connectivity index (χ1v) is 6.76. The zero-order valence-corrected chi connectivity index (χ0v) is 11.4. The molecule has 0 spiro atoms. The highest BCUT2D eigenvalue weighted by atomic mass is 32.2. The Balaban J connectivity index is 4.23. The molecule has 0 aliphatic carbocycles. The van der Waals surface area contributed by atoms with Crippen molar-refractivity contribution in [2.75, 3.05) is 19.1 Å². The topological polar surface area (TPSA) is 20.3 Å². The van der Waals surface area contributed by atoms with Gasteiger partial charge in [0.15, 0.2) is 0 Å². The number of thioether (sulfide) groups is 1. The van der Waals surface area contributed by atoms with Crippen LogP contribution in [0.3, 0.4) is 0 Å². The first-order valence-electron chi connectivity index (χ1n) is 4.85. The lowest BCUT2D eigenvalue weighted by Crippen LogP contribution is -2.42. The monoisotopic (exact) mass is 235 g/mol. The van der Waals surface area contributed by atoms with Crippen LogP contribution in [0, 0.1) is 5.92 Å². The highest BCUT2D eigenvalue weighted by Crippen LogP contribution is 2.14. The van der Waals surface area contributed by atoms with E-state index in [0.717, 1.165) is 5.75 Å². The van der Waals surface area contributed by atoms with Crippen molar-refractivity contribution in [1.82, 2.24) is 4.90 Å². The van der Waals surface area contributed by atoms with Gasteiger partial charge < -0.3 is 4.90 Å². The molecular formula is C10H21NOS2. The summed E-state index contributed by atoms with van der Waals surface area (Å²) < 4.78 is 0. The molecule has 2 atom stereocenters. The minimum atomic E-state index is -0.177. The van der Waals surface area contributed by atoms with E-state index in [2.05, 4.69) is 25.8 Å². The zero-order valence-electron chi connectivity index (χ0n) is 9.65. The molecule has 0 saturated carbocycles. The van der Waals surface area contributed by atoms with Crippen molar-refractivity contribution in [2.45, 2.75) is 32.1 Å². The van der Waals surface area contributed by atoms with Crippen molar-refractivity contribution in [1.29, 1.82) is 0 Å². The van der Waals surface area contributed by atoms with Crippen LogP contribution in [-0.4, -0.2) is 41.2 Å². The molecule has 1 amide bonds. The highest BCUT2D eigenvalue weighted by Gasteiger charge is 2.24. The standard InChI is InChI=1S/C10H21NOS2/c1-7(2)9(13)10(12)11(4)8(3)6-14-5/h7-9,13H,6H2,1-5H3. The summed E-state index contributed by atoms with van der Waals surface area (Å²) >= 11 is 6.08. The van der Waals surface area contributed by atoms with E-state index in [1.54, 1.807) is 16.7 Å². The molecule has 2 nitrogen and oxygen atoms in total. The Morgan fingerprint density at radius 3 is 2.29 bits per heavy atom. The number of rotatable bonds is 5. The lowest BCUT2D eigenvalue weighted by atomic mass is 10.1. The van der Waals surface area contributed by atoms with Crippen LogP contribution in [0.4, 0.5) is 0 Å². The van der Waals surface area contributed by atoms with E-state index in [9.17, 15) is 4.79 Å². The van der Waals surface area contributed by atoms with Gasteiger partial charge in [-0.25, -0.2) is 0 Å². The molecule has 0 rings (SSSR count). The van der Waals surface area contributed by atoms with E-state index in [0.29, 0.717) is 0 Å². The smallest absolute Gasteiger partial charge is 0.235 e. The minimum absolute atomic E-state index is 0.130. The van der Waals surface area contributed by atoms with Gasteiger partial charge >= 0.3 is 0 Å². The second kappa shape index (κ2) is 6.62. The number of hydrogen-bond donors (Lipinski definition) is 1. The van der Waals surface area contributed by atoms with Gasteiger partial charge in [-0.2, -0.15) is 24.4 Å². The lowest BCUT2D eigenvalue weighted by Gasteiger charge is -2.28. The van der Waals surface area contributed by atoms with Gasteiger partial charge in [0.05, 0.1) is 5.25 Å². The third-order valence-corrected chi connectivity index (χ3v) is 3.93. The number of carbonyl (C=O) groups is 1. The summed E-state index contributed by atoms with van der Waals surface area (Å²) in [5.74, 6) is 1.39. The van der Waals surface area contributed by atoms with Crippen LogP contribution in [0.25, 0.3) is 0 Å². The van der Waals surface area contributed by atoms with Gasteiger partial charge in [0.2, 0.25) is 5.91 Å². The summed E-state index contributed by atoms with van der Waals surface area (Å²) in [5, 5.41) is -0.177. The summed E-state index contributed by atoms with van der Waals surface area (Å²) in [6.45, 7) is 6.10. The van der Waals surface area contributed by atoms with E-state index in [1.165, 1.54) is 0 Å². The van der Waals surface area contributed by atoms with E-state index in [-0.39, 0.29) is 23.1 Å². The molecule has 4 heteroatoms. The third-order valence-electron chi connectivity index (χ3n) is 2.30. The largest absolute Gasteiger partial charge is 0.341 e. The predicted octanol–water partition coefficient (Wildman–Crippen LogP) is 2.15.